The van der Waals surface area contributed by atoms with E-state index < -0.39 is 6.08 Å². The second-order valence-corrected chi connectivity index (χ2v) is 5.53. The zero-order valence-corrected chi connectivity index (χ0v) is 12.6. The zero-order chi connectivity index (χ0) is 15.1. The fourth-order valence-electron chi connectivity index (χ4n) is 1.93. The van der Waals surface area contributed by atoms with Gasteiger partial charge >= 0.3 is 6.08 Å². The second-order valence-electron chi connectivity index (χ2n) is 4.37. The van der Waals surface area contributed by atoms with Gasteiger partial charge in [-0.1, -0.05) is 0 Å². The lowest BCUT2D eigenvalue weighted by Crippen LogP contribution is -1.97. The Balaban J connectivity index is 2.02. The van der Waals surface area contributed by atoms with E-state index in [2.05, 4.69) is 19.9 Å². The molecule has 0 aliphatic carbocycles. The summed E-state index contributed by atoms with van der Waals surface area (Å²) in [6.07, 6.45) is -0.598. The standard InChI is InChI=1S/C12H9FIN5O2/c13-12-18-10(15)9-11(19-12)17-8(16-9)2-4-1-6(20)7(21)3-5(4)14/h1,3,20-21H,2H2,(H3,15,16,17,18,19). The van der Waals surface area contributed by atoms with Crippen molar-refractivity contribution in [1.29, 1.82) is 0 Å². The SMILES string of the molecule is Nc1nc(F)nc2nc(Cc3cc(O)c(O)cc3I)[nH]c12. The number of hydrogen-bond donors (Lipinski definition) is 4. The summed E-state index contributed by atoms with van der Waals surface area (Å²) in [6.45, 7) is 0. The fourth-order valence-corrected chi connectivity index (χ4v) is 2.57. The molecule has 108 valence electrons. The van der Waals surface area contributed by atoms with Crippen molar-refractivity contribution in [2.24, 2.45) is 0 Å². The first-order chi connectivity index (χ1) is 9.94. The van der Waals surface area contributed by atoms with Gasteiger partial charge in [0.05, 0.1) is 0 Å². The number of aromatic hydroxyl groups is 2. The first-order valence-electron chi connectivity index (χ1n) is 5.82. The summed E-state index contributed by atoms with van der Waals surface area (Å²) in [5.41, 5.74) is 6.86. The summed E-state index contributed by atoms with van der Waals surface area (Å²) < 4.78 is 13.8. The molecule has 0 spiro atoms. The van der Waals surface area contributed by atoms with Crippen LogP contribution in [0.4, 0.5) is 10.2 Å². The van der Waals surface area contributed by atoms with E-state index in [1.165, 1.54) is 12.1 Å². The Hall–Kier alpha value is -2.17. The van der Waals surface area contributed by atoms with E-state index in [0.29, 0.717) is 17.8 Å². The average molecular weight is 401 g/mol. The second kappa shape index (κ2) is 4.98. The van der Waals surface area contributed by atoms with Gasteiger partial charge in [-0.15, -0.1) is 0 Å². The Morgan fingerprint density at radius 1 is 1.19 bits per heavy atom. The summed E-state index contributed by atoms with van der Waals surface area (Å²) in [4.78, 5) is 14.1. The summed E-state index contributed by atoms with van der Waals surface area (Å²) >= 11 is 2.03. The molecule has 3 rings (SSSR count). The Labute approximate surface area is 131 Å². The van der Waals surface area contributed by atoms with Crippen molar-refractivity contribution in [3.8, 4) is 11.5 Å². The topological polar surface area (TPSA) is 121 Å². The third kappa shape index (κ3) is 2.55. The minimum absolute atomic E-state index is 0.0144. The van der Waals surface area contributed by atoms with Crippen LogP contribution in [0, 0.1) is 9.65 Å². The molecule has 0 bridgehead atoms. The van der Waals surface area contributed by atoms with Gasteiger partial charge in [-0.05, 0) is 40.3 Å². The van der Waals surface area contributed by atoms with Gasteiger partial charge < -0.3 is 20.9 Å². The van der Waals surface area contributed by atoms with Crippen LogP contribution in [0.2, 0.25) is 0 Å². The summed E-state index contributed by atoms with van der Waals surface area (Å²) in [6, 6.07) is 2.89. The number of benzene rings is 1. The van der Waals surface area contributed by atoms with Crippen molar-refractivity contribution in [3.05, 3.63) is 33.2 Å². The molecule has 0 fully saturated rings. The maximum absolute atomic E-state index is 13.1. The molecule has 0 radical (unpaired) electrons. The van der Waals surface area contributed by atoms with Crippen LogP contribution >= 0.6 is 22.6 Å². The van der Waals surface area contributed by atoms with Crippen molar-refractivity contribution >= 4 is 39.6 Å². The lowest BCUT2D eigenvalue weighted by molar-refractivity contribution is 0.403. The Morgan fingerprint density at radius 3 is 2.67 bits per heavy atom. The summed E-state index contributed by atoms with van der Waals surface area (Å²) in [5, 5.41) is 19.0. The molecule has 0 unspecified atom stereocenters. The smallest absolute Gasteiger partial charge is 0.312 e. The molecule has 1 aromatic carbocycles. The lowest BCUT2D eigenvalue weighted by atomic mass is 10.1. The Morgan fingerprint density at radius 2 is 1.90 bits per heavy atom. The maximum Gasteiger partial charge on any atom is 0.312 e. The molecule has 0 atom stereocenters. The maximum atomic E-state index is 13.1. The highest BCUT2D eigenvalue weighted by Gasteiger charge is 2.13. The minimum Gasteiger partial charge on any atom is -0.504 e. The van der Waals surface area contributed by atoms with Gasteiger partial charge in [0.1, 0.15) is 11.3 Å². The van der Waals surface area contributed by atoms with Crippen molar-refractivity contribution in [3.63, 3.8) is 0 Å². The highest BCUT2D eigenvalue weighted by molar-refractivity contribution is 14.1. The number of aromatic nitrogens is 4. The van der Waals surface area contributed by atoms with E-state index in [1.54, 1.807) is 0 Å². The molecule has 7 nitrogen and oxygen atoms in total. The first kappa shape index (κ1) is 13.8. The van der Waals surface area contributed by atoms with Crippen LogP contribution in [-0.4, -0.2) is 30.1 Å². The highest BCUT2D eigenvalue weighted by atomic mass is 127. The van der Waals surface area contributed by atoms with Gasteiger partial charge in [0.25, 0.3) is 0 Å². The van der Waals surface area contributed by atoms with Gasteiger partial charge in [0.15, 0.2) is 23.0 Å². The van der Waals surface area contributed by atoms with Gasteiger partial charge in [0.2, 0.25) is 0 Å². The van der Waals surface area contributed by atoms with Crippen LogP contribution in [0.15, 0.2) is 12.1 Å². The number of fused-ring (bicyclic) bond motifs is 1. The number of nitrogens with two attached hydrogens (primary N) is 1. The molecule has 0 amide bonds. The quantitative estimate of drug-likeness (QED) is 0.295. The Bertz CT molecular complexity index is 851. The van der Waals surface area contributed by atoms with Gasteiger partial charge in [0, 0.05) is 9.99 Å². The molecule has 0 aliphatic heterocycles. The monoisotopic (exact) mass is 401 g/mol. The van der Waals surface area contributed by atoms with Gasteiger partial charge in [-0.25, -0.2) is 4.98 Å². The summed E-state index contributed by atoms with van der Waals surface area (Å²) in [5.74, 6) is 0.0796. The molecule has 0 saturated heterocycles. The molecule has 2 aromatic heterocycles. The third-order valence-corrected chi connectivity index (χ3v) is 3.91. The number of hydrogen-bond acceptors (Lipinski definition) is 6. The van der Waals surface area contributed by atoms with Crippen LogP contribution in [-0.2, 0) is 6.42 Å². The molecule has 2 heterocycles. The van der Waals surface area contributed by atoms with Crippen LogP contribution in [0.5, 0.6) is 11.5 Å². The number of aromatic amines is 1. The number of nitrogen functional groups attached to an aromatic ring is 1. The van der Waals surface area contributed by atoms with Gasteiger partial charge in [-0.3, -0.25) is 0 Å². The van der Waals surface area contributed by atoms with E-state index in [4.69, 9.17) is 5.73 Å². The van der Waals surface area contributed by atoms with E-state index in [1.807, 2.05) is 22.6 Å². The molecule has 0 aliphatic rings. The molecule has 0 saturated carbocycles. The first-order valence-corrected chi connectivity index (χ1v) is 6.90. The van der Waals surface area contributed by atoms with Crippen LogP contribution in [0.25, 0.3) is 11.2 Å². The molecular formula is C12H9FIN5O2. The molecule has 5 N–H and O–H groups in total. The summed E-state index contributed by atoms with van der Waals surface area (Å²) in [7, 11) is 0. The van der Waals surface area contributed by atoms with Crippen molar-refractivity contribution in [2.45, 2.75) is 6.42 Å². The van der Waals surface area contributed by atoms with E-state index >= 15 is 0 Å². The number of H-pyrrole nitrogens is 1. The predicted molar refractivity (Wildman–Crippen MR) is 81.3 cm³/mol. The number of phenolic OH excluding ortho intramolecular Hbond substituents is 2. The van der Waals surface area contributed by atoms with Crippen molar-refractivity contribution in [2.75, 3.05) is 5.73 Å². The fraction of sp³-hybridized carbons (Fsp3) is 0.0833. The zero-order valence-electron chi connectivity index (χ0n) is 10.4. The number of imidazole rings is 1. The number of anilines is 1. The largest absolute Gasteiger partial charge is 0.504 e. The molecule has 3 aromatic rings. The van der Waals surface area contributed by atoms with E-state index in [-0.39, 0.29) is 23.0 Å². The van der Waals surface area contributed by atoms with Gasteiger partial charge in [-0.2, -0.15) is 14.4 Å². The number of halogens is 2. The van der Waals surface area contributed by atoms with Crippen LogP contribution < -0.4 is 5.73 Å². The molecule has 9 heteroatoms. The number of nitrogens with one attached hydrogen (secondary N) is 1. The number of phenols is 2. The van der Waals surface area contributed by atoms with Crippen LogP contribution in [0.3, 0.4) is 0 Å². The van der Waals surface area contributed by atoms with Crippen molar-refractivity contribution in [1.82, 2.24) is 19.9 Å². The third-order valence-electron chi connectivity index (χ3n) is 2.90. The van der Waals surface area contributed by atoms with E-state index in [9.17, 15) is 14.6 Å². The molecule has 21 heavy (non-hydrogen) atoms. The van der Waals surface area contributed by atoms with E-state index in [0.717, 1.165) is 9.13 Å². The highest BCUT2D eigenvalue weighted by Crippen LogP contribution is 2.30. The van der Waals surface area contributed by atoms with Crippen LogP contribution in [0.1, 0.15) is 11.4 Å². The number of rotatable bonds is 2. The average Bonchev–Trinajstić information content (AvgIpc) is 2.78. The minimum atomic E-state index is -0.935. The normalized spacial score (nSPS) is 11.1. The van der Waals surface area contributed by atoms with Crippen molar-refractivity contribution < 1.29 is 14.6 Å². The number of nitrogens with zero attached hydrogens (tertiary/aromatic N) is 3. The lowest BCUT2D eigenvalue weighted by Gasteiger charge is -2.05. The Kier molecular flexibility index (Phi) is 3.27. The molecular weight excluding hydrogens is 392 g/mol. The predicted octanol–water partition coefficient (Wildman–Crippen LogP) is 1.68.